The molecule has 1 heterocycles. The van der Waals surface area contributed by atoms with Crippen molar-refractivity contribution in [1.82, 2.24) is 9.88 Å². The van der Waals surface area contributed by atoms with Crippen LogP contribution in [0.5, 0.6) is 0 Å². The highest BCUT2D eigenvalue weighted by Gasteiger charge is 2.00. The first-order valence-electron chi connectivity index (χ1n) is 3.36. The van der Waals surface area contributed by atoms with E-state index in [0.717, 1.165) is 11.6 Å². The van der Waals surface area contributed by atoms with E-state index in [1.807, 2.05) is 20.3 Å². The molecule has 1 aromatic rings. The quantitative estimate of drug-likeness (QED) is 0.678. The van der Waals surface area contributed by atoms with Gasteiger partial charge in [0.1, 0.15) is 5.01 Å². The first-order valence-corrected chi connectivity index (χ1v) is 4.71. The van der Waals surface area contributed by atoms with Crippen molar-refractivity contribution in [3.63, 3.8) is 0 Å². The minimum atomic E-state index is 0.526. The van der Waals surface area contributed by atoms with E-state index in [0.29, 0.717) is 5.88 Å². The van der Waals surface area contributed by atoms with Gasteiger partial charge in [-0.3, -0.25) is 0 Å². The SMILES string of the molecule is CN(C)Cc1cnc(CCl)s1. The molecule has 0 aliphatic carbocycles. The Morgan fingerprint density at radius 3 is 2.82 bits per heavy atom. The summed E-state index contributed by atoms with van der Waals surface area (Å²) in [7, 11) is 4.08. The van der Waals surface area contributed by atoms with E-state index in [-0.39, 0.29) is 0 Å². The Balaban J connectivity index is 2.58. The van der Waals surface area contributed by atoms with Crippen LogP contribution in [-0.2, 0) is 12.4 Å². The third kappa shape index (κ3) is 2.77. The first-order chi connectivity index (χ1) is 5.22. The van der Waals surface area contributed by atoms with Gasteiger partial charge in [-0.05, 0) is 14.1 Å². The molecule has 0 aromatic carbocycles. The fourth-order valence-electron chi connectivity index (χ4n) is 0.795. The predicted molar refractivity (Wildman–Crippen MR) is 49.1 cm³/mol. The van der Waals surface area contributed by atoms with E-state index in [1.54, 1.807) is 11.3 Å². The van der Waals surface area contributed by atoms with Gasteiger partial charge in [-0.15, -0.1) is 22.9 Å². The molecular weight excluding hydrogens is 180 g/mol. The second-order valence-electron chi connectivity index (χ2n) is 2.59. The summed E-state index contributed by atoms with van der Waals surface area (Å²) in [6, 6.07) is 0. The van der Waals surface area contributed by atoms with E-state index in [1.165, 1.54) is 4.88 Å². The Hall–Kier alpha value is -0.120. The highest BCUT2D eigenvalue weighted by atomic mass is 35.5. The third-order valence-electron chi connectivity index (χ3n) is 1.19. The van der Waals surface area contributed by atoms with Crippen LogP contribution < -0.4 is 0 Å². The van der Waals surface area contributed by atoms with Crippen LogP contribution in [0.3, 0.4) is 0 Å². The van der Waals surface area contributed by atoms with Crippen molar-refractivity contribution in [2.75, 3.05) is 14.1 Å². The molecule has 2 nitrogen and oxygen atoms in total. The van der Waals surface area contributed by atoms with Gasteiger partial charge in [-0.1, -0.05) is 0 Å². The number of hydrogen-bond donors (Lipinski definition) is 0. The minimum Gasteiger partial charge on any atom is -0.304 e. The lowest BCUT2D eigenvalue weighted by Gasteiger charge is -2.05. The summed E-state index contributed by atoms with van der Waals surface area (Å²) in [4.78, 5) is 7.53. The minimum absolute atomic E-state index is 0.526. The number of thiazole rings is 1. The van der Waals surface area contributed by atoms with Gasteiger partial charge in [0.2, 0.25) is 0 Å². The van der Waals surface area contributed by atoms with Crippen LogP contribution in [0.4, 0.5) is 0 Å². The van der Waals surface area contributed by atoms with Crippen LogP contribution in [0, 0.1) is 0 Å². The molecule has 0 fully saturated rings. The average Bonchev–Trinajstić information content (AvgIpc) is 2.34. The van der Waals surface area contributed by atoms with Crippen LogP contribution in [0.25, 0.3) is 0 Å². The second kappa shape index (κ2) is 4.04. The first kappa shape index (κ1) is 8.97. The van der Waals surface area contributed by atoms with Crippen molar-refractivity contribution >= 4 is 22.9 Å². The summed E-state index contributed by atoms with van der Waals surface area (Å²) >= 11 is 7.29. The molecule has 0 radical (unpaired) electrons. The van der Waals surface area contributed by atoms with Gasteiger partial charge in [0, 0.05) is 17.6 Å². The van der Waals surface area contributed by atoms with Gasteiger partial charge in [0.25, 0.3) is 0 Å². The standard InChI is InChI=1S/C7H11ClN2S/c1-10(2)5-6-4-9-7(3-8)11-6/h4H,3,5H2,1-2H3. The topological polar surface area (TPSA) is 16.1 Å². The molecule has 4 heteroatoms. The van der Waals surface area contributed by atoms with E-state index in [2.05, 4.69) is 9.88 Å². The normalized spacial score (nSPS) is 10.9. The number of hydrogen-bond acceptors (Lipinski definition) is 3. The molecule has 0 unspecified atom stereocenters. The molecule has 0 spiro atoms. The number of rotatable bonds is 3. The second-order valence-corrected chi connectivity index (χ2v) is 4.06. The maximum atomic E-state index is 5.61. The summed E-state index contributed by atoms with van der Waals surface area (Å²) in [6.45, 7) is 0.953. The third-order valence-corrected chi connectivity index (χ3v) is 2.58. The fourth-order valence-corrected chi connectivity index (χ4v) is 1.92. The van der Waals surface area contributed by atoms with Crippen molar-refractivity contribution < 1.29 is 0 Å². The Morgan fingerprint density at radius 2 is 2.36 bits per heavy atom. The maximum absolute atomic E-state index is 5.61. The highest BCUT2D eigenvalue weighted by molar-refractivity contribution is 7.11. The molecule has 1 aromatic heterocycles. The van der Waals surface area contributed by atoms with Crippen molar-refractivity contribution in [3.8, 4) is 0 Å². The monoisotopic (exact) mass is 190 g/mol. The van der Waals surface area contributed by atoms with Gasteiger partial charge in [-0.2, -0.15) is 0 Å². The highest BCUT2D eigenvalue weighted by Crippen LogP contribution is 2.15. The van der Waals surface area contributed by atoms with E-state index in [4.69, 9.17) is 11.6 Å². The van der Waals surface area contributed by atoms with Crippen molar-refractivity contribution in [2.24, 2.45) is 0 Å². The smallest absolute Gasteiger partial charge is 0.108 e. The zero-order chi connectivity index (χ0) is 8.27. The van der Waals surface area contributed by atoms with E-state index < -0.39 is 0 Å². The molecular formula is C7H11ClN2S. The van der Waals surface area contributed by atoms with Gasteiger partial charge >= 0.3 is 0 Å². The van der Waals surface area contributed by atoms with Gasteiger partial charge in [0.05, 0.1) is 5.88 Å². The van der Waals surface area contributed by atoms with Crippen LogP contribution in [0.2, 0.25) is 0 Å². The maximum Gasteiger partial charge on any atom is 0.108 e. The van der Waals surface area contributed by atoms with Crippen LogP contribution in [0.15, 0.2) is 6.20 Å². The van der Waals surface area contributed by atoms with Crippen molar-refractivity contribution in [3.05, 3.63) is 16.1 Å². The zero-order valence-electron chi connectivity index (χ0n) is 6.67. The predicted octanol–water partition coefficient (Wildman–Crippen LogP) is 1.94. The molecule has 11 heavy (non-hydrogen) atoms. The Bertz CT molecular complexity index is 222. The van der Waals surface area contributed by atoms with Crippen molar-refractivity contribution in [2.45, 2.75) is 12.4 Å². The lowest BCUT2D eigenvalue weighted by Crippen LogP contribution is -2.09. The lowest BCUT2D eigenvalue weighted by atomic mass is 10.5. The Labute approximate surface area is 75.8 Å². The van der Waals surface area contributed by atoms with Crippen LogP contribution in [0.1, 0.15) is 9.88 Å². The van der Waals surface area contributed by atoms with Crippen molar-refractivity contribution in [1.29, 1.82) is 0 Å². The average molecular weight is 191 g/mol. The summed E-state index contributed by atoms with van der Waals surface area (Å²) in [5.74, 6) is 0.526. The molecule has 0 aliphatic rings. The van der Waals surface area contributed by atoms with Crippen LogP contribution >= 0.6 is 22.9 Å². The van der Waals surface area contributed by atoms with E-state index >= 15 is 0 Å². The lowest BCUT2D eigenvalue weighted by molar-refractivity contribution is 0.406. The number of alkyl halides is 1. The van der Waals surface area contributed by atoms with E-state index in [9.17, 15) is 0 Å². The molecule has 0 bridgehead atoms. The Kier molecular flexibility index (Phi) is 3.30. The summed E-state index contributed by atoms with van der Waals surface area (Å²) in [5.41, 5.74) is 0. The van der Waals surface area contributed by atoms with Crippen LogP contribution in [-0.4, -0.2) is 24.0 Å². The fraction of sp³-hybridized carbons (Fsp3) is 0.571. The van der Waals surface area contributed by atoms with Gasteiger partial charge in [-0.25, -0.2) is 4.98 Å². The van der Waals surface area contributed by atoms with Gasteiger partial charge in [0.15, 0.2) is 0 Å². The molecule has 0 saturated heterocycles. The molecule has 0 amide bonds. The largest absolute Gasteiger partial charge is 0.304 e. The molecule has 0 aliphatic heterocycles. The summed E-state index contributed by atoms with van der Waals surface area (Å²) < 4.78 is 0. The molecule has 1 rings (SSSR count). The Morgan fingerprint density at radius 1 is 1.64 bits per heavy atom. The van der Waals surface area contributed by atoms with Gasteiger partial charge < -0.3 is 4.90 Å². The number of nitrogens with zero attached hydrogens (tertiary/aromatic N) is 2. The molecule has 0 saturated carbocycles. The number of halogens is 1. The molecule has 0 atom stereocenters. The summed E-state index contributed by atoms with van der Waals surface area (Å²) in [5, 5.41) is 1.00. The molecule has 62 valence electrons. The number of aromatic nitrogens is 1. The molecule has 0 N–H and O–H groups in total. The zero-order valence-corrected chi connectivity index (χ0v) is 8.24. The summed E-state index contributed by atoms with van der Waals surface area (Å²) in [6.07, 6.45) is 1.89.